The summed E-state index contributed by atoms with van der Waals surface area (Å²) in [5, 5.41) is 2.98. The first-order valence-electron chi connectivity index (χ1n) is 8.92. The molecule has 0 spiro atoms. The monoisotopic (exact) mass is 332 g/mol. The molecule has 1 saturated heterocycles. The highest BCUT2D eigenvalue weighted by Gasteiger charge is 2.24. The third-order valence-corrected chi connectivity index (χ3v) is 4.28. The van der Waals surface area contributed by atoms with Gasteiger partial charge in [-0.1, -0.05) is 6.92 Å². The average molecular weight is 332 g/mol. The number of benzene rings is 1. The van der Waals surface area contributed by atoms with Crippen molar-refractivity contribution in [2.45, 2.75) is 39.5 Å². The summed E-state index contributed by atoms with van der Waals surface area (Å²) in [6.07, 6.45) is 3.47. The fraction of sp³-hybridized carbons (Fsp3) is 0.579. The third kappa shape index (κ3) is 5.25. The quantitative estimate of drug-likeness (QED) is 0.835. The van der Waals surface area contributed by atoms with E-state index in [-0.39, 0.29) is 11.8 Å². The SMILES string of the molecule is CCCC(=O)NC[C@H]1CCCN(C(=O)c2ccc(OCC)cc2)C1. The molecule has 1 aliphatic heterocycles. The number of amides is 2. The standard InChI is InChI=1S/C19H28N2O3/c1-3-6-18(22)20-13-15-7-5-12-21(14-15)19(23)16-8-10-17(11-9-16)24-4-2/h8-11,15H,3-7,12-14H2,1-2H3,(H,20,22)/t15-/m1/s1. The molecule has 0 bridgehead atoms. The highest BCUT2D eigenvalue weighted by atomic mass is 16.5. The van der Waals surface area contributed by atoms with Gasteiger partial charge in [-0.25, -0.2) is 0 Å². The summed E-state index contributed by atoms with van der Waals surface area (Å²) in [5.74, 6) is 1.28. The second-order valence-corrected chi connectivity index (χ2v) is 6.27. The number of hydrogen-bond donors (Lipinski definition) is 1. The van der Waals surface area contributed by atoms with E-state index in [0.29, 0.717) is 37.6 Å². The minimum atomic E-state index is 0.0580. The number of hydrogen-bond acceptors (Lipinski definition) is 3. The van der Waals surface area contributed by atoms with Crippen LogP contribution in [0.5, 0.6) is 5.75 Å². The zero-order chi connectivity index (χ0) is 17.4. The van der Waals surface area contributed by atoms with Crippen molar-refractivity contribution in [3.05, 3.63) is 29.8 Å². The van der Waals surface area contributed by atoms with Crippen LogP contribution in [0.3, 0.4) is 0 Å². The lowest BCUT2D eigenvalue weighted by molar-refractivity contribution is -0.121. The molecule has 1 heterocycles. The van der Waals surface area contributed by atoms with Crippen LogP contribution in [0, 0.1) is 5.92 Å². The van der Waals surface area contributed by atoms with Crippen LogP contribution in [0.1, 0.15) is 49.9 Å². The number of nitrogens with zero attached hydrogens (tertiary/aromatic N) is 1. The maximum atomic E-state index is 12.7. The Morgan fingerprint density at radius 1 is 1.25 bits per heavy atom. The number of rotatable bonds is 7. The lowest BCUT2D eigenvalue weighted by atomic mass is 9.97. The van der Waals surface area contributed by atoms with Crippen molar-refractivity contribution in [2.75, 3.05) is 26.2 Å². The Morgan fingerprint density at radius 2 is 2.00 bits per heavy atom. The summed E-state index contributed by atoms with van der Waals surface area (Å²) in [6, 6.07) is 7.31. The van der Waals surface area contributed by atoms with Gasteiger partial charge in [-0.2, -0.15) is 0 Å². The molecular formula is C19H28N2O3. The van der Waals surface area contributed by atoms with Gasteiger partial charge in [0.05, 0.1) is 6.61 Å². The van der Waals surface area contributed by atoms with Crippen LogP contribution in [0.4, 0.5) is 0 Å². The van der Waals surface area contributed by atoms with E-state index < -0.39 is 0 Å². The van der Waals surface area contributed by atoms with E-state index in [1.54, 1.807) is 0 Å². The van der Waals surface area contributed by atoms with E-state index in [0.717, 1.165) is 31.6 Å². The Morgan fingerprint density at radius 3 is 2.67 bits per heavy atom. The lowest BCUT2D eigenvalue weighted by Gasteiger charge is -2.33. The van der Waals surface area contributed by atoms with E-state index in [9.17, 15) is 9.59 Å². The second kappa shape index (κ2) is 9.30. The summed E-state index contributed by atoms with van der Waals surface area (Å²) < 4.78 is 5.41. The van der Waals surface area contributed by atoms with E-state index in [4.69, 9.17) is 4.74 Å². The molecule has 24 heavy (non-hydrogen) atoms. The van der Waals surface area contributed by atoms with Gasteiger partial charge in [0.25, 0.3) is 5.91 Å². The highest BCUT2D eigenvalue weighted by molar-refractivity contribution is 5.94. The van der Waals surface area contributed by atoms with Gasteiger partial charge in [-0.15, -0.1) is 0 Å². The molecule has 0 aliphatic carbocycles. The molecule has 0 unspecified atom stereocenters. The maximum absolute atomic E-state index is 12.7. The van der Waals surface area contributed by atoms with Gasteiger partial charge in [0, 0.05) is 31.6 Å². The summed E-state index contributed by atoms with van der Waals surface area (Å²) in [4.78, 5) is 26.2. The highest BCUT2D eigenvalue weighted by Crippen LogP contribution is 2.19. The zero-order valence-electron chi connectivity index (χ0n) is 14.7. The van der Waals surface area contributed by atoms with Crippen LogP contribution in [0.2, 0.25) is 0 Å². The fourth-order valence-electron chi connectivity index (χ4n) is 3.03. The molecule has 2 rings (SSSR count). The van der Waals surface area contributed by atoms with Crippen LogP contribution in [0.15, 0.2) is 24.3 Å². The lowest BCUT2D eigenvalue weighted by Crippen LogP contribution is -2.43. The molecule has 1 fully saturated rings. The van der Waals surface area contributed by atoms with Gasteiger partial charge in [0.2, 0.25) is 5.91 Å². The maximum Gasteiger partial charge on any atom is 0.253 e. The molecule has 1 N–H and O–H groups in total. The second-order valence-electron chi connectivity index (χ2n) is 6.27. The minimum absolute atomic E-state index is 0.0580. The molecule has 1 aliphatic rings. The van der Waals surface area contributed by atoms with E-state index >= 15 is 0 Å². The van der Waals surface area contributed by atoms with Crippen molar-refractivity contribution in [3.63, 3.8) is 0 Å². The first-order chi connectivity index (χ1) is 11.6. The van der Waals surface area contributed by atoms with Crippen molar-refractivity contribution in [1.29, 1.82) is 0 Å². The Kier molecular flexibility index (Phi) is 7.09. The first-order valence-corrected chi connectivity index (χ1v) is 8.92. The number of carbonyl (C=O) groups is 2. The summed E-state index contributed by atoms with van der Waals surface area (Å²) >= 11 is 0. The van der Waals surface area contributed by atoms with Crippen LogP contribution in [-0.4, -0.2) is 43.0 Å². The molecule has 5 nitrogen and oxygen atoms in total. The Balaban J connectivity index is 1.88. The van der Waals surface area contributed by atoms with Crippen molar-refractivity contribution < 1.29 is 14.3 Å². The van der Waals surface area contributed by atoms with Crippen molar-refractivity contribution in [1.82, 2.24) is 10.2 Å². The number of carbonyl (C=O) groups excluding carboxylic acids is 2. The molecule has 2 amide bonds. The number of nitrogens with one attached hydrogen (secondary N) is 1. The molecule has 0 radical (unpaired) electrons. The summed E-state index contributed by atoms with van der Waals surface area (Å²) in [7, 11) is 0. The summed E-state index contributed by atoms with van der Waals surface area (Å²) in [5.41, 5.74) is 0.689. The topological polar surface area (TPSA) is 58.6 Å². The molecule has 1 aromatic carbocycles. The molecule has 1 atom stereocenters. The first kappa shape index (κ1) is 18.3. The molecule has 0 saturated carbocycles. The van der Waals surface area contributed by atoms with Gasteiger partial charge in [-0.3, -0.25) is 9.59 Å². The fourth-order valence-corrected chi connectivity index (χ4v) is 3.03. The predicted octanol–water partition coefficient (Wildman–Crippen LogP) is 2.85. The normalized spacial score (nSPS) is 17.4. The predicted molar refractivity (Wildman–Crippen MR) is 94.2 cm³/mol. The minimum Gasteiger partial charge on any atom is -0.494 e. The van der Waals surface area contributed by atoms with Crippen LogP contribution in [-0.2, 0) is 4.79 Å². The smallest absolute Gasteiger partial charge is 0.253 e. The Labute approximate surface area is 144 Å². The molecule has 0 aromatic heterocycles. The van der Waals surface area contributed by atoms with Crippen LogP contribution in [0.25, 0.3) is 0 Å². The molecule has 132 valence electrons. The molecular weight excluding hydrogens is 304 g/mol. The third-order valence-electron chi connectivity index (χ3n) is 4.28. The summed E-state index contributed by atoms with van der Waals surface area (Å²) in [6.45, 7) is 6.70. The van der Waals surface area contributed by atoms with E-state index in [1.807, 2.05) is 43.0 Å². The van der Waals surface area contributed by atoms with E-state index in [1.165, 1.54) is 0 Å². The molecule has 5 heteroatoms. The number of likely N-dealkylation sites (tertiary alicyclic amines) is 1. The van der Waals surface area contributed by atoms with Crippen molar-refractivity contribution in [2.24, 2.45) is 5.92 Å². The van der Waals surface area contributed by atoms with Crippen molar-refractivity contribution >= 4 is 11.8 Å². The Bertz CT molecular complexity index is 542. The van der Waals surface area contributed by atoms with Crippen LogP contribution < -0.4 is 10.1 Å². The molecule has 1 aromatic rings. The van der Waals surface area contributed by atoms with Crippen LogP contribution >= 0.6 is 0 Å². The van der Waals surface area contributed by atoms with Gasteiger partial charge >= 0.3 is 0 Å². The zero-order valence-corrected chi connectivity index (χ0v) is 14.7. The van der Waals surface area contributed by atoms with E-state index in [2.05, 4.69) is 5.32 Å². The Hall–Kier alpha value is -2.04. The van der Waals surface area contributed by atoms with Gasteiger partial charge < -0.3 is 15.0 Å². The van der Waals surface area contributed by atoms with Gasteiger partial charge in [0.15, 0.2) is 0 Å². The van der Waals surface area contributed by atoms with Crippen molar-refractivity contribution in [3.8, 4) is 5.75 Å². The number of piperidine rings is 1. The largest absolute Gasteiger partial charge is 0.494 e. The van der Waals surface area contributed by atoms with Gasteiger partial charge in [0.1, 0.15) is 5.75 Å². The van der Waals surface area contributed by atoms with Gasteiger partial charge in [-0.05, 0) is 56.4 Å². The average Bonchev–Trinajstić information content (AvgIpc) is 2.61. The number of ether oxygens (including phenoxy) is 1.